The molecule has 0 aliphatic carbocycles. The van der Waals surface area contributed by atoms with E-state index in [2.05, 4.69) is 0 Å². The molecule has 20 heavy (non-hydrogen) atoms. The van der Waals surface area contributed by atoms with Crippen LogP contribution in [0.25, 0.3) is 0 Å². The van der Waals surface area contributed by atoms with Gasteiger partial charge in [0.15, 0.2) is 17.3 Å². The van der Waals surface area contributed by atoms with E-state index in [1.165, 1.54) is 19.2 Å². The maximum absolute atomic E-state index is 13.6. The molecule has 2 aromatic rings. The first-order chi connectivity index (χ1) is 9.52. The van der Waals surface area contributed by atoms with E-state index in [-0.39, 0.29) is 18.0 Å². The third kappa shape index (κ3) is 2.79. The lowest BCUT2D eigenvalue weighted by molar-refractivity contribution is 0.0992. The molecule has 2 aromatic carbocycles. The van der Waals surface area contributed by atoms with E-state index >= 15 is 0 Å². The number of halogens is 1. The smallest absolute Gasteiger partial charge is 0.167 e. The molecule has 0 aromatic heterocycles. The van der Waals surface area contributed by atoms with Gasteiger partial charge in [0.05, 0.1) is 7.11 Å². The van der Waals surface area contributed by atoms with E-state index in [0.29, 0.717) is 16.8 Å². The predicted molar refractivity (Wildman–Crippen MR) is 76.6 cm³/mol. The molecule has 2 N–H and O–H groups in total. The van der Waals surface area contributed by atoms with Crippen LogP contribution >= 0.6 is 0 Å². The molecule has 4 heteroatoms. The standard InChI is InChI=1S/C16H16FNO2/c1-10-12(4-3-5-14(10)18)15(19)9-11-6-7-16(20-2)13(17)8-11/h3-8H,9,18H2,1-2H3. The number of rotatable bonds is 4. The molecule has 0 saturated carbocycles. The van der Waals surface area contributed by atoms with Gasteiger partial charge in [-0.3, -0.25) is 4.79 Å². The van der Waals surface area contributed by atoms with Crippen LogP contribution in [0.1, 0.15) is 21.5 Å². The van der Waals surface area contributed by atoms with Gasteiger partial charge in [-0.05, 0) is 36.2 Å². The second-order valence-corrected chi connectivity index (χ2v) is 4.59. The Hall–Kier alpha value is -2.36. The van der Waals surface area contributed by atoms with Crippen LogP contribution in [0.4, 0.5) is 10.1 Å². The summed E-state index contributed by atoms with van der Waals surface area (Å²) >= 11 is 0. The number of hydrogen-bond acceptors (Lipinski definition) is 3. The molecule has 2 rings (SSSR count). The number of Topliss-reactive ketones (excluding diaryl/α,β-unsaturated/α-hetero) is 1. The minimum absolute atomic E-state index is 0.0839. The lowest BCUT2D eigenvalue weighted by Crippen LogP contribution is -2.07. The summed E-state index contributed by atoms with van der Waals surface area (Å²) in [7, 11) is 1.40. The molecule has 0 atom stereocenters. The number of anilines is 1. The number of methoxy groups -OCH3 is 1. The van der Waals surface area contributed by atoms with Gasteiger partial charge in [-0.2, -0.15) is 0 Å². The molecule has 0 aliphatic rings. The zero-order valence-corrected chi connectivity index (χ0v) is 11.4. The zero-order valence-electron chi connectivity index (χ0n) is 11.4. The first kappa shape index (κ1) is 14.1. The van der Waals surface area contributed by atoms with Gasteiger partial charge in [-0.15, -0.1) is 0 Å². The van der Waals surface area contributed by atoms with Gasteiger partial charge >= 0.3 is 0 Å². The molecule has 0 fully saturated rings. The fourth-order valence-corrected chi connectivity index (χ4v) is 2.06. The van der Waals surface area contributed by atoms with Crippen molar-refractivity contribution in [1.29, 1.82) is 0 Å². The Bertz CT molecular complexity index is 653. The summed E-state index contributed by atoms with van der Waals surface area (Å²) in [5.74, 6) is -0.386. The van der Waals surface area contributed by atoms with Crippen LogP contribution in [0.2, 0.25) is 0 Å². The highest BCUT2D eigenvalue weighted by Gasteiger charge is 2.12. The summed E-state index contributed by atoms with van der Waals surface area (Å²) in [5.41, 5.74) is 8.30. The monoisotopic (exact) mass is 273 g/mol. The van der Waals surface area contributed by atoms with Crippen molar-refractivity contribution in [2.24, 2.45) is 0 Å². The largest absolute Gasteiger partial charge is 0.494 e. The Morgan fingerprint density at radius 3 is 2.70 bits per heavy atom. The van der Waals surface area contributed by atoms with Crippen LogP contribution in [0.15, 0.2) is 36.4 Å². The number of benzene rings is 2. The van der Waals surface area contributed by atoms with Gasteiger partial charge in [0.2, 0.25) is 0 Å². The number of hydrogen-bond donors (Lipinski definition) is 1. The van der Waals surface area contributed by atoms with Crippen molar-refractivity contribution in [3.05, 3.63) is 58.9 Å². The third-order valence-electron chi connectivity index (χ3n) is 3.26. The summed E-state index contributed by atoms with van der Waals surface area (Å²) < 4.78 is 18.4. The second-order valence-electron chi connectivity index (χ2n) is 4.59. The molecule has 0 bridgehead atoms. The average molecular weight is 273 g/mol. The van der Waals surface area contributed by atoms with E-state index < -0.39 is 5.82 Å². The Morgan fingerprint density at radius 2 is 2.05 bits per heavy atom. The Balaban J connectivity index is 2.24. The average Bonchev–Trinajstić information content (AvgIpc) is 2.42. The molecule has 0 amide bonds. The first-order valence-corrected chi connectivity index (χ1v) is 6.23. The first-order valence-electron chi connectivity index (χ1n) is 6.23. The minimum Gasteiger partial charge on any atom is -0.494 e. The van der Waals surface area contributed by atoms with Crippen LogP contribution in [0.3, 0.4) is 0 Å². The number of nitrogens with two attached hydrogens (primary N) is 1. The van der Waals surface area contributed by atoms with Crippen LogP contribution in [-0.2, 0) is 6.42 Å². The molecular weight excluding hydrogens is 257 g/mol. The van der Waals surface area contributed by atoms with E-state index in [1.807, 2.05) is 0 Å². The number of nitrogen functional groups attached to an aromatic ring is 1. The zero-order chi connectivity index (χ0) is 14.7. The van der Waals surface area contributed by atoms with E-state index in [4.69, 9.17) is 10.5 Å². The van der Waals surface area contributed by atoms with Gasteiger partial charge in [0.1, 0.15) is 0 Å². The van der Waals surface area contributed by atoms with Crippen molar-refractivity contribution >= 4 is 11.5 Å². The van der Waals surface area contributed by atoms with Crippen molar-refractivity contribution in [3.63, 3.8) is 0 Å². The highest BCUT2D eigenvalue weighted by molar-refractivity contribution is 5.99. The molecule has 0 unspecified atom stereocenters. The summed E-state index contributed by atoms with van der Waals surface area (Å²) in [6.45, 7) is 1.80. The Kier molecular flexibility index (Phi) is 4.03. The van der Waals surface area contributed by atoms with Crippen molar-refractivity contribution < 1.29 is 13.9 Å². The normalized spacial score (nSPS) is 10.3. The van der Waals surface area contributed by atoms with Gasteiger partial charge in [0, 0.05) is 17.7 Å². The predicted octanol–water partition coefficient (Wildman–Crippen LogP) is 3.15. The van der Waals surface area contributed by atoms with Crippen LogP contribution in [-0.4, -0.2) is 12.9 Å². The number of ketones is 1. The molecule has 0 spiro atoms. The minimum atomic E-state index is -0.470. The fourth-order valence-electron chi connectivity index (χ4n) is 2.06. The Labute approximate surface area is 117 Å². The molecular formula is C16H16FNO2. The lowest BCUT2D eigenvalue weighted by atomic mass is 9.98. The third-order valence-corrected chi connectivity index (χ3v) is 3.26. The van der Waals surface area contributed by atoms with E-state index in [9.17, 15) is 9.18 Å². The highest BCUT2D eigenvalue weighted by atomic mass is 19.1. The SMILES string of the molecule is COc1ccc(CC(=O)c2cccc(N)c2C)cc1F. The van der Waals surface area contributed by atoms with Gasteiger partial charge in [-0.25, -0.2) is 4.39 Å². The van der Waals surface area contributed by atoms with Crippen molar-refractivity contribution in [2.45, 2.75) is 13.3 Å². The summed E-state index contributed by atoms with van der Waals surface area (Å²) in [5, 5.41) is 0. The maximum atomic E-state index is 13.6. The Morgan fingerprint density at radius 1 is 1.30 bits per heavy atom. The topological polar surface area (TPSA) is 52.3 Å². The molecule has 104 valence electrons. The van der Waals surface area contributed by atoms with Crippen LogP contribution in [0, 0.1) is 12.7 Å². The maximum Gasteiger partial charge on any atom is 0.167 e. The molecule has 0 saturated heterocycles. The van der Waals surface area contributed by atoms with Gasteiger partial charge in [-0.1, -0.05) is 18.2 Å². The molecule has 3 nitrogen and oxygen atoms in total. The van der Waals surface area contributed by atoms with Gasteiger partial charge in [0.25, 0.3) is 0 Å². The van der Waals surface area contributed by atoms with Crippen LogP contribution < -0.4 is 10.5 Å². The number of carbonyl (C=O) groups excluding carboxylic acids is 1. The number of ether oxygens (including phenoxy) is 1. The van der Waals surface area contributed by atoms with E-state index in [0.717, 1.165) is 5.56 Å². The summed E-state index contributed by atoms with van der Waals surface area (Å²) in [4.78, 5) is 12.2. The van der Waals surface area contributed by atoms with Crippen LogP contribution in [0.5, 0.6) is 5.75 Å². The van der Waals surface area contributed by atoms with Crippen molar-refractivity contribution in [1.82, 2.24) is 0 Å². The quantitative estimate of drug-likeness (QED) is 0.687. The molecule has 0 heterocycles. The number of carbonyl (C=O) groups is 1. The summed E-state index contributed by atoms with van der Waals surface area (Å²) in [6, 6.07) is 9.74. The second kappa shape index (κ2) is 5.74. The van der Waals surface area contributed by atoms with Crippen molar-refractivity contribution in [2.75, 3.05) is 12.8 Å². The van der Waals surface area contributed by atoms with Gasteiger partial charge < -0.3 is 10.5 Å². The van der Waals surface area contributed by atoms with E-state index in [1.54, 1.807) is 31.2 Å². The van der Waals surface area contributed by atoms with Crippen molar-refractivity contribution in [3.8, 4) is 5.75 Å². The molecule has 0 radical (unpaired) electrons. The fraction of sp³-hybridized carbons (Fsp3) is 0.188. The molecule has 0 aliphatic heterocycles. The summed E-state index contributed by atoms with van der Waals surface area (Å²) in [6.07, 6.45) is 0.130. The lowest BCUT2D eigenvalue weighted by Gasteiger charge is -2.08. The highest BCUT2D eigenvalue weighted by Crippen LogP contribution is 2.21.